The fourth-order valence-electron chi connectivity index (χ4n) is 1.78. The summed E-state index contributed by atoms with van der Waals surface area (Å²) >= 11 is 1.82. The quantitative estimate of drug-likeness (QED) is 0.508. The molecule has 0 spiro atoms. The van der Waals surface area contributed by atoms with Crippen LogP contribution in [0.25, 0.3) is 0 Å². The van der Waals surface area contributed by atoms with Crippen molar-refractivity contribution < 1.29 is 33.3 Å². The van der Waals surface area contributed by atoms with Crippen LogP contribution in [-0.2, 0) is 4.79 Å². The molecule has 3 nitrogen and oxygen atoms in total. The van der Waals surface area contributed by atoms with Gasteiger partial charge in [-0.1, -0.05) is 30.0 Å². The highest BCUT2D eigenvalue weighted by molar-refractivity contribution is 8.14. The summed E-state index contributed by atoms with van der Waals surface area (Å²) in [4.78, 5) is 13.3. The molecule has 5 heteroatoms. The van der Waals surface area contributed by atoms with Crippen molar-refractivity contribution in [1.29, 1.82) is 0 Å². The zero-order chi connectivity index (χ0) is 13.0. The molecule has 0 saturated heterocycles. The van der Waals surface area contributed by atoms with Gasteiger partial charge >= 0.3 is 0 Å². The van der Waals surface area contributed by atoms with Gasteiger partial charge in [0, 0.05) is 24.9 Å². The Hall–Kier alpha value is -0.820. The van der Waals surface area contributed by atoms with E-state index in [0.717, 1.165) is 18.0 Å². The van der Waals surface area contributed by atoms with Gasteiger partial charge in [-0.2, -0.15) is 0 Å². The Bertz CT molecular complexity index is 499. The van der Waals surface area contributed by atoms with Gasteiger partial charge in [-0.15, -0.1) is 0 Å². The fourth-order valence-corrected chi connectivity index (χ4v) is 2.83. The summed E-state index contributed by atoms with van der Waals surface area (Å²) in [6.45, 7) is 2.64. The van der Waals surface area contributed by atoms with Crippen molar-refractivity contribution in [2.24, 2.45) is 0 Å². The first-order valence-electron chi connectivity index (χ1n) is 5.92. The molecule has 0 atom stereocenters. The first-order chi connectivity index (χ1) is 8.68. The smallest absolute Gasteiger partial charge is 0.236 e. The van der Waals surface area contributed by atoms with E-state index in [1.54, 1.807) is 11.8 Å². The molecule has 2 rings (SSSR count). The van der Waals surface area contributed by atoms with E-state index in [9.17, 15) is 4.79 Å². The van der Waals surface area contributed by atoms with E-state index in [1.807, 2.05) is 54.4 Å². The van der Waals surface area contributed by atoms with E-state index in [4.69, 9.17) is 0 Å². The van der Waals surface area contributed by atoms with Gasteiger partial charge in [0.1, 0.15) is 7.05 Å². The molecule has 0 bridgehead atoms. The van der Waals surface area contributed by atoms with Crippen molar-refractivity contribution in [3.8, 4) is 0 Å². The summed E-state index contributed by atoms with van der Waals surface area (Å²) in [5.41, 5.74) is 0.896. The number of benzene rings is 1. The number of anilines is 1. The van der Waals surface area contributed by atoms with Crippen molar-refractivity contribution in [3.63, 3.8) is 0 Å². The molecule has 102 valence electrons. The predicted octanol–water partition coefficient (Wildman–Crippen LogP) is -0.655. The third kappa shape index (κ3) is 4.35. The Labute approximate surface area is 135 Å². The lowest BCUT2D eigenvalue weighted by Crippen LogP contribution is -3.00. The number of nitrogens with zero attached hydrogens (tertiary/aromatic N) is 2. The molecule has 0 fully saturated rings. The number of para-hydroxylation sites is 1. The standard InChI is InChI=1S/C14H17N2OS.HI/c1-12(17)16(13-6-4-3-5-7-13)9-8-14-15(2)10-11-18-14;/h3-9H,10-11H2,1-2H3;1H/q+1;/p-1. The lowest BCUT2D eigenvalue weighted by molar-refractivity contribution is -0.485. The molecule has 0 aliphatic carbocycles. The second-order valence-corrected chi connectivity index (χ2v) is 5.26. The minimum atomic E-state index is 0. The summed E-state index contributed by atoms with van der Waals surface area (Å²) in [5, 5.41) is 1.21. The van der Waals surface area contributed by atoms with Crippen molar-refractivity contribution in [2.75, 3.05) is 24.2 Å². The van der Waals surface area contributed by atoms with Gasteiger partial charge in [-0.05, 0) is 12.1 Å². The van der Waals surface area contributed by atoms with E-state index < -0.39 is 0 Å². The molecule has 1 aromatic carbocycles. The molecule has 0 saturated carbocycles. The number of amides is 1. The minimum absolute atomic E-state index is 0. The monoisotopic (exact) mass is 388 g/mol. The maximum absolute atomic E-state index is 11.7. The van der Waals surface area contributed by atoms with Crippen LogP contribution in [0.1, 0.15) is 6.92 Å². The number of halogens is 1. The number of hydrogen-bond acceptors (Lipinski definition) is 2. The minimum Gasteiger partial charge on any atom is -1.00 e. The first kappa shape index (κ1) is 16.2. The lowest BCUT2D eigenvalue weighted by Gasteiger charge is -2.15. The molecule has 0 N–H and O–H groups in total. The lowest BCUT2D eigenvalue weighted by atomic mass is 10.3. The average molecular weight is 388 g/mol. The second-order valence-electron chi connectivity index (χ2n) is 4.15. The average Bonchev–Trinajstić information content (AvgIpc) is 2.76. The number of rotatable bonds is 3. The second kappa shape index (κ2) is 7.69. The fraction of sp³-hybridized carbons (Fsp3) is 0.286. The van der Waals surface area contributed by atoms with Crippen LogP contribution in [-0.4, -0.2) is 34.9 Å². The number of carbonyl (C=O) groups is 1. The van der Waals surface area contributed by atoms with Crippen molar-refractivity contribution in [2.45, 2.75) is 6.92 Å². The molecule has 0 unspecified atom stereocenters. The Morgan fingerprint density at radius 3 is 2.58 bits per heavy atom. The van der Waals surface area contributed by atoms with Crippen LogP contribution in [0.15, 0.2) is 42.6 Å². The number of carbonyl (C=O) groups excluding carboxylic acids is 1. The van der Waals surface area contributed by atoms with Gasteiger partial charge in [-0.3, -0.25) is 9.69 Å². The van der Waals surface area contributed by atoms with Crippen LogP contribution >= 0.6 is 11.8 Å². The SMILES string of the molecule is CC(=O)N(/C=C\C1=[N+](C)CCS1)c1ccccc1.[I-]. The van der Waals surface area contributed by atoms with Crippen LogP contribution in [0.5, 0.6) is 0 Å². The molecule has 1 aliphatic heterocycles. The molecule has 19 heavy (non-hydrogen) atoms. The maximum Gasteiger partial charge on any atom is 0.236 e. The maximum atomic E-state index is 11.7. The van der Waals surface area contributed by atoms with Gasteiger partial charge in [0.05, 0.1) is 5.75 Å². The molecule has 0 aromatic heterocycles. The van der Waals surface area contributed by atoms with Crippen molar-refractivity contribution in [3.05, 3.63) is 42.6 Å². The van der Waals surface area contributed by atoms with Crippen LogP contribution in [0, 0.1) is 0 Å². The summed E-state index contributed by atoms with van der Waals surface area (Å²) in [5.74, 6) is 1.13. The van der Waals surface area contributed by atoms with E-state index in [0.29, 0.717) is 0 Å². The summed E-state index contributed by atoms with van der Waals surface area (Å²) in [6.07, 6.45) is 3.86. The van der Waals surface area contributed by atoms with Crippen molar-refractivity contribution >= 4 is 28.4 Å². The molecule has 1 aliphatic rings. The molecule has 0 radical (unpaired) electrons. The van der Waals surface area contributed by atoms with E-state index in [1.165, 1.54) is 5.04 Å². The first-order valence-corrected chi connectivity index (χ1v) is 6.91. The Morgan fingerprint density at radius 2 is 2.05 bits per heavy atom. The molecular formula is C14H17IN2OS. The normalized spacial score (nSPS) is 14.6. The van der Waals surface area contributed by atoms with Gasteiger partial charge in [0.15, 0.2) is 6.54 Å². The Balaban J connectivity index is 0.00000180. The van der Waals surface area contributed by atoms with Gasteiger partial charge in [0.25, 0.3) is 0 Å². The highest BCUT2D eigenvalue weighted by Crippen LogP contribution is 2.16. The largest absolute Gasteiger partial charge is 1.00 e. The third-order valence-electron chi connectivity index (χ3n) is 2.79. The Morgan fingerprint density at radius 1 is 1.37 bits per heavy atom. The molecule has 1 heterocycles. The topological polar surface area (TPSA) is 23.3 Å². The summed E-state index contributed by atoms with van der Waals surface area (Å²) in [6, 6.07) is 9.68. The zero-order valence-corrected chi connectivity index (χ0v) is 14.0. The molecular weight excluding hydrogens is 371 g/mol. The van der Waals surface area contributed by atoms with Gasteiger partial charge in [0.2, 0.25) is 11.0 Å². The summed E-state index contributed by atoms with van der Waals surface area (Å²) < 4.78 is 2.20. The van der Waals surface area contributed by atoms with Crippen LogP contribution in [0.2, 0.25) is 0 Å². The van der Waals surface area contributed by atoms with Crippen LogP contribution in [0.4, 0.5) is 5.69 Å². The van der Waals surface area contributed by atoms with E-state index in [-0.39, 0.29) is 29.9 Å². The van der Waals surface area contributed by atoms with Crippen molar-refractivity contribution in [1.82, 2.24) is 0 Å². The zero-order valence-electron chi connectivity index (χ0n) is 11.0. The number of thioether (sulfide) groups is 1. The van der Waals surface area contributed by atoms with Crippen LogP contribution < -0.4 is 28.9 Å². The highest BCUT2D eigenvalue weighted by atomic mass is 127. The Kier molecular flexibility index (Phi) is 6.57. The molecule has 1 aromatic rings. The van der Waals surface area contributed by atoms with E-state index >= 15 is 0 Å². The van der Waals surface area contributed by atoms with Gasteiger partial charge in [-0.25, -0.2) is 4.58 Å². The predicted molar refractivity (Wildman–Crippen MR) is 77.3 cm³/mol. The number of hydrogen-bond donors (Lipinski definition) is 0. The third-order valence-corrected chi connectivity index (χ3v) is 3.92. The van der Waals surface area contributed by atoms with Gasteiger partial charge < -0.3 is 24.0 Å². The summed E-state index contributed by atoms with van der Waals surface area (Å²) in [7, 11) is 2.07. The van der Waals surface area contributed by atoms with E-state index in [2.05, 4.69) is 11.6 Å². The highest BCUT2D eigenvalue weighted by Gasteiger charge is 2.17. The van der Waals surface area contributed by atoms with Crippen LogP contribution in [0.3, 0.4) is 0 Å². The molecule has 1 amide bonds.